The van der Waals surface area contributed by atoms with E-state index in [9.17, 15) is 8.42 Å². The van der Waals surface area contributed by atoms with Crippen LogP contribution in [-0.2, 0) is 10.0 Å². The molecule has 16 heavy (non-hydrogen) atoms. The van der Waals surface area contributed by atoms with E-state index in [-0.39, 0.29) is 11.3 Å². The maximum absolute atomic E-state index is 12.3. The van der Waals surface area contributed by atoms with Crippen LogP contribution in [0.2, 0.25) is 0 Å². The first kappa shape index (κ1) is 12.3. The molecule has 2 aliphatic heterocycles. The third-order valence-electron chi connectivity index (χ3n) is 3.55. The molecule has 2 aliphatic rings. The molecule has 0 aromatic heterocycles. The lowest BCUT2D eigenvalue weighted by molar-refractivity contribution is 0.314. The van der Waals surface area contributed by atoms with E-state index in [2.05, 4.69) is 10.2 Å². The van der Waals surface area contributed by atoms with Gasteiger partial charge < -0.3 is 10.2 Å². The maximum Gasteiger partial charge on any atom is 0.218 e. The normalized spacial score (nSPS) is 37.4. The van der Waals surface area contributed by atoms with Crippen LogP contribution >= 0.6 is 0 Å². The fraction of sp³-hybridized carbons (Fsp3) is 1.00. The van der Waals surface area contributed by atoms with Crippen LogP contribution < -0.4 is 5.32 Å². The largest absolute Gasteiger partial charge is 0.314 e. The highest BCUT2D eigenvalue weighted by atomic mass is 32.2. The number of likely N-dealkylation sites (N-methyl/N-ethyl adjacent to an activating group) is 1. The minimum atomic E-state index is -3.10. The first-order chi connectivity index (χ1) is 7.51. The molecule has 0 radical (unpaired) electrons. The summed E-state index contributed by atoms with van der Waals surface area (Å²) in [6.07, 6.45) is 0.961. The summed E-state index contributed by atoms with van der Waals surface area (Å²) in [4.78, 5) is 2.20. The first-order valence-corrected chi connectivity index (χ1v) is 7.42. The molecule has 6 heteroatoms. The monoisotopic (exact) mass is 247 g/mol. The highest BCUT2D eigenvalue weighted by Gasteiger charge is 2.37. The Morgan fingerprint density at radius 2 is 2.06 bits per heavy atom. The maximum atomic E-state index is 12.3. The highest BCUT2D eigenvalue weighted by molar-refractivity contribution is 7.89. The van der Waals surface area contributed by atoms with Crippen LogP contribution in [0.4, 0.5) is 0 Å². The fourth-order valence-electron chi connectivity index (χ4n) is 2.50. The molecule has 2 fully saturated rings. The van der Waals surface area contributed by atoms with Crippen LogP contribution in [-0.4, -0.2) is 68.7 Å². The molecule has 0 aromatic carbocycles. The second-order valence-electron chi connectivity index (χ2n) is 4.88. The van der Waals surface area contributed by atoms with Crippen molar-refractivity contribution >= 4 is 10.0 Å². The second kappa shape index (κ2) is 4.60. The molecule has 2 unspecified atom stereocenters. The van der Waals surface area contributed by atoms with Crippen molar-refractivity contribution in [2.45, 2.75) is 24.6 Å². The van der Waals surface area contributed by atoms with E-state index in [0.29, 0.717) is 13.1 Å². The molecule has 0 spiro atoms. The van der Waals surface area contributed by atoms with E-state index in [1.54, 1.807) is 11.2 Å². The quantitative estimate of drug-likeness (QED) is 0.667. The Morgan fingerprint density at radius 1 is 1.31 bits per heavy atom. The summed E-state index contributed by atoms with van der Waals surface area (Å²) in [5.74, 6) is 0. The Balaban J connectivity index is 2.17. The van der Waals surface area contributed by atoms with Gasteiger partial charge in [-0.15, -0.1) is 0 Å². The number of likely N-dealkylation sites (tertiary alicyclic amines) is 1. The van der Waals surface area contributed by atoms with Gasteiger partial charge in [-0.2, -0.15) is 4.31 Å². The minimum absolute atomic E-state index is 0.178. The van der Waals surface area contributed by atoms with Crippen LogP contribution in [0.15, 0.2) is 0 Å². The van der Waals surface area contributed by atoms with E-state index in [4.69, 9.17) is 0 Å². The van der Waals surface area contributed by atoms with E-state index >= 15 is 0 Å². The molecule has 1 N–H and O–H groups in total. The van der Waals surface area contributed by atoms with Crippen molar-refractivity contribution in [2.75, 3.05) is 39.8 Å². The topological polar surface area (TPSA) is 52.6 Å². The first-order valence-electron chi connectivity index (χ1n) is 5.91. The van der Waals surface area contributed by atoms with E-state index in [1.807, 2.05) is 7.05 Å². The number of nitrogens with one attached hydrogen (secondary N) is 1. The average molecular weight is 247 g/mol. The van der Waals surface area contributed by atoms with Gasteiger partial charge in [-0.05, 0) is 26.9 Å². The number of hydrogen-bond acceptors (Lipinski definition) is 4. The van der Waals surface area contributed by atoms with Gasteiger partial charge in [0.2, 0.25) is 10.0 Å². The van der Waals surface area contributed by atoms with Gasteiger partial charge >= 0.3 is 0 Å². The Bertz CT molecular complexity index is 344. The van der Waals surface area contributed by atoms with Crippen molar-refractivity contribution in [3.05, 3.63) is 0 Å². The van der Waals surface area contributed by atoms with Crippen molar-refractivity contribution in [3.63, 3.8) is 0 Å². The molecule has 0 bridgehead atoms. The van der Waals surface area contributed by atoms with Crippen LogP contribution in [0.5, 0.6) is 0 Å². The molecule has 0 aliphatic carbocycles. The smallest absolute Gasteiger partial charge is 0.218 e. The van der Waals surface area contributed by atoms with Crippen LogP contribution in [0.25, 0.3) is 0 Å². The van der Waals surface area contributed by atoms with Gasteiger partial charge in [-0.25, -0.2) is 8.42 Å². The van der Waals surface area contributed by atoms with Crippen LogP contribution in [0.3, 0.4) is 0 Å². The zero-order valence-corrected chi connectivity index (χ0v) is 10.8. The van der Waals surface area contributed by atoms with Crippen LogP contribution in [0, 0.1) is 0 Å². The third kappa shape index (κ3) is 2.25. The molecule has 94 valence electrons. The molecule has 0 aromatic rings. The van der Waals surface area contributed by atoms with E-state index < -0.39 is 10.0 Å². The Kier molecular flexibility index (Phi) is 3.53. The minimum Gasteiger partial charge on any atom is -0.314 e. The molecular formula is C10H21N3O2S. The van der Waals surface area contributed by atoms with Crippen molar-refractivity contribution in [1.82, 2.24) is 14.5 Å². The lowest BCUT2D eigenvalue weighted by atomic mass is 10.2. The molecular weight excluding hydrogens is 226 g/mol. The van der Waals surface area contributed by atoms with Crippen molar-refractivity contribution in [1.29, 1.82) is 0 Å². The molecule has 5 nitrogen and oxygen atoms in total. The number of hydrogen-bond donors (Lipinski definition) is 1. The summed E-state index contributed by atoms with van der Waals surface area (Å²) in [5.41, 5.74) is 0. The van der Waals surface area contributed by atoms with Crippen molar-refractivity contribution in [3.8, 4) is 0 Å². The molecule has 2 rings (SSSR count). The van der Waals surface area contributed by atoms with Gasteiger partial charge in [-0.1, -0.05) is 0 Å². The Morgan fingerprint density at radius 3 is 2.69 bits per heavy atom. The predicted molar refractivity (Wildman–Crippen MR) is 63.9 cm³/mol. The van der Waals surface area contributed by atoms with Crippen molar-refractivity contribution in [2.24, 2.45) is 0 Å². The van der Waals surface area contributed by atoms with Gasteiger partial charge in [0, 0.05) is 32.2 Å². The molecule has 0 amide bonds. The lowest BCUT2D eigenvalue weighted by Crippen LogP contribution is -2.45. The summed E-state index contributed by atoms with van der Waals surface area (Å²) in [7, 11) is -1.05. The summed E-state index contributed by atoms with van der Waals surface area (Å²) < 4.78 is 26.3. The fourth-order valence-corrected chi connectivity index (χ4v) is 4.22. The summed E-state index contributed by atoms with van der Waals surface area (Å²) in [5, 5.41) is 2.88. The number of sulfonamides is 1. The number of rotatable bonds is 1. The Hall–Kier alpha value is -0.170. The van der Waals surface area contributed by atoms with Gasteiger partial charge in [0.15, 0.2) is 0 Å². The predicted octanol–water partition coefficient (Wildman–Crippen LogP) is -0.686. The average Bonchev–Trinajstić information content (AvgIpc) is 2.58. The molecule has 2 atom stereocenters. The molecule has 2 saturated heterocycles. The zero-order valence-electron chi connectivity index (χ0n) is 10.0. The highest BCUT2D eigenvalue weighted by Crippen LogP contribution is 2.21. The van der Waals surface area contributed by atoms with Gasteiger partial charge in [0.25, 0.3) is 0 Å². The summed E-state index contributed by atoms with van der Waals surface area (Å²) in [6, 6.07) is 0.178. The zero-order chi connectivity index (χ0) is 11.8. The van der Waals surface area contributed by atoms with Gasteiger partial charge in [-0.3, -0.25) is 0 Å². The summed E-state index contributed by atoms with van der Waals surface area (Å²) in [6.45, 7) is 5.61. The SMILES string of the molecule is CC1CNCCN(C2CCN(C)C2)S1(=O)=O. The molecule has 0 saturated carbocycles. The van der Waals surface area contributed by atoms with Gasteiger partial charge in [0.05, 0.1) is 5.25 Å². The van der Waals surface area contributed by atoms with E-state index in [1.165, 1.54) is 0 Å². The second-order valence-corrected chi connectivity index (χ2v) is 7.18. The Labute approximate surface area is 97.8 Å². The number of nitrogens with zero attached hydrogens (tertiary/aromatic N) is 2. The van der Waals surface area contributed by atoms with Gasteiger partial charge in [0.1, 0.15) is 0 Å². The lowest BCUT2D eigenvalue weighted by Gasteiger charge is -2.28. The third-order valence-corrected chi connectivity index (χ3v) is 5.87. The van der Waals surface area contributed by atoms with E-state index in [0.717, 1.165) is 26.1 Å². The standard InChI is InChI=1S/C10H21N3O2S/c1-9-7-11-4-6-13(16(9,14)15)10-3-5-12(2)8-10/h9-11H,3-8H2,1-2H3. The van der Waals surface area contributed by atoms with Crippen LogP contribution in [0.1, 0.15) is 13.3 Å². The summed E-state index contributed by atoms with van der Waals surface area (Å²) >= 11 is 0. The van der Waals surface area contributed by atoms with Crippen molar-refractivity contribution < 1.29 is 8.42 Å². The molecule has 2 heterocycles.